The Kier molecular flexibility index (Phi) is 6.99. The summed E-state index contributed by atoms with van der Waals surface area (Å²) in [6.45, 7) is 9.45. The lowest BCUT2D eigenvalue weighted by Gasteiger charge is -2.39. The van der Waals surface area contributed by atoms with Crippen molar-refractivity contribution in [3.63, 3.8) is 0 Å². The van der Waals surface area contributed by atoms with E-state index in [2.05, 4.69) is 10.6 Å². The van der Waals surface area contributed by atoms with Gasteiger partial charge in [0, 0.05) is 11.7 Å². The van der Waals surface area contributed by atoms with Crippen molar-refractivity contribution in [3.8, 4) is 0 Å². The van der Waals surface area contributed by atoms with Crippen molar-refractivity contribution in [1.29, 1.82) is 0 Å². The molecule has 3 fully saturated rings. The van der Waals surface area contributed by atoms with Gasteiger partial charge in [0.2, 0.25) is 17.7 Å². The van der Waals surface area contributed by atoms with Crippen LogP contribution < -0.4 is 10.6 Å². The number of para-hydroxylation sites is 1. The zero-order valence-corrected chi connectivity index (χ0v) is 21.4. The number of nitrogens with one attached hydrogen (secondary N) is 2. The highest BCUT2D eigenvalue weighted by Crippen LogP contribution is 2.64. The summed E-state index contributed by atoms with van der Waals surface area (Å²) in [5.74, 6) is -2.33. The Balaban J connectivity index is 1.79. The molecule has 2 bridgehead atoms. The molecular formula is C27H39N3O5. The predicted molar refractivity (Wildman–Crippen MR) is 132 cm³/mol. The van der Waals surface area contributed by atoms with Crippen LogP contribution in [0.15, 0.2) is 30.3 Å². The number of carbonyl (C=O) groups excluding carboxylic acids is 3. The van der Waals surface area contributed by atoms with Crippen LogP contribution in [-0.4, -0.2) is 63.7 Å². The first-order valence-electron chi connectivity index (χ1n) is 12.9. The van der Waals surface area contributed by atoms with Gasteiger partial charge < -0.3 is 25.4 Å². The molecule has 3 N–H and O–H groups in total. The number of aliphatic hydroxyl groups is 1. The average Bonchev–Trinajstić information content (AvgIpc) is 3.43. The van der Waals surface area contributed by atoms with E-state index in [1.165, 1.54) is 0 Å². The molecule has 0 aromatic heterocycles. The highest BCUT2D eigenvalue weighted by atomic mass is 16.5. The number of carbonyl (C=O) groups is 3. The molecule has 4 rings (SSSR count). The van der Waals surface area contributed by atoms with Gasteiger partial charge in [0.05, 0.1) is 30.1 Å². The van der Waals surface area contributed by atoms with E-state index in [0.29, 0.717) is 24.9 Å². The van der Waals surface area contributed by atoms with E-state index in [0.717, 1.165) is 6.42 Å². The Morgan fingerprint density at radius 3 is 2.40 bits per heavy atom. The van der Waals surface area contributed by atoms with Crippen LogP contribution in [0.4, 0.5) is 5.69 Å². The molecule has 1 aromatic carbocycles. The van der Waals surface area contributed by atoms with Crippen LogP contribution in [0.3, 0.4) is 0 Å². The van der Waals surface area contributed by atoms with Crippen molar-refractivity contribution in [3.05, 3.63) is 30.3 Å². The molecule has 7 atom stereocenters. The van der Waals surface area contributed by atoms with Crippen LogP contribution in [0.25, 0.3) is 0 Å². The zero-order chi connectivity index (χ0) is 25.5. The van der Waals surface area contributed by atoms with Gasteiger partial charge in [-0.25, -0.2) is 0 Å². The molecule has 3 saturated heterocycles. The summed E-state index contributed by atoms with van der Waals surface area (Å²) in [5.41, 5.74) is -1.23. The zero-order valence-electron chi connectivity index (χ0n) is 21.4. The Morgan fingerprint density at radius 2 is 1.83 bits per heavy atom. The number of likely N-dealkylation sites (tertiary alicyclic amines) is 1. The summed E-state index contributed by atoms with van der Waals surface area (Å²) >= 11 is 0. The molecule has 0 radical (unpaired) electrons. The molecule has 1 spiro atoms. The van der Waals surface area contributed by atoms with Crippen LogP contribution in [0.2, 0.25) is 0 Å². The molecule has 1 aromatic rings. The van der Waals surface area contributed by atoms with E-state index in [-0.39, 0.29) is 36.3 Å². The first-order valence-corrected chi connectivity index (χ1v) is 12.9. The second-order valence-corrected chi connectivity index (χ2v) is 10.7. The van der Waals surface area contributed by atoms with Gasteiger partial charge >= 0.3 is 0 Å². The number of nitrogens with zero attached hydrogens (tertiary/aromatic N) is 1. The van der Waals surface area contributed by atoms with Crippen LogP contribution in [0, 0.1) is 17.8 Å². The van der Waals surface area contributed by atoms with E-state index >= 15 is 0 Å². The fourth-order valence-corrected chi connectivity index (χ4v) is 6.63. The monoisotopic (exact) mass is 485 g/mol. The van der Waals surface area contributed by atoms with Crippen molar-refractivity contribution in [2.24, 2.45) is 17.8 Å². The fraction of sp³-hybridized carbons (Fsp3) is 0.667. The molecule has 2 unspecified atom stereocenters. The molecule has 8 nitrogen and oxygen atoms in total. The lowest BCUT2D eigenvalue weighted by Crippen LogP contribution is -2.59. The SMILES string of the molecule is CC[C@H](C)[C@H](CO)N1C(=O)[C@@H]2[C@@H](C(=O)Nc3ccccc3)[C@@]3(CC)CCC2(O3)C1C(=O)NC(C)C. The Labute approximate surface area is 207 Å². The summed E-state index contributed by atoms with van der Waals surface area (Å²) in [4.78, 5) is 43.1. The minimum atomic E-state index is -1.09. The number of amides is 3. The first-order chi connectivity index (χ1) is 16.7. The van der Waals surface area contributed by atoms with Gasteiger partial charge in [0.25, 0.3) is 0 Å². The third-order valence-electron chi connectivity index (χ3n) is 8.47. The van der Waals surface area contributed by atoms with Gasteiger partial charge in [-0.3, -0.25) is 14.4 Å². The number of rotatable bonds is 9. The van der Waals surface area contributed by atoms with E-state index in [9.17, 15) is 19.5 Å². The van der Waals surface area contributed by atoms with Crippen molar-refractivity contribution in [2.45, 2.75) is 89.6 Å². The summed E-state index contributed by atoms with van der Waals surface area (Å²) in [5, 5.41) is 16.3. The van der Waals surface area contributed by atoms with E-state index in [1.807, 2.05) is 65.0 Å². The molecule has 3 aliphatic rings. The highest BCUT2D eigenvalue weighted by Gasteiger charge is 2.79. The molecule has 8 heteroatoms. The number of anilines is 1. The van der Waals surface area contributed by atoms with Crippen molar-refractivity contribution in [2.75, 3.05) is 11.9 Å². The van der Waals surface area contributed by atoms with Gasteiger partial charge in [-0.15, -0.1) is 0 Å². The molecular weight excluding hydrogens is 446 g/mol. The van der Waals surface area contributed by atoms with Crippen LogP contribution >= 0.6 is 0 Å². The number of benzene rings is 1. The van der Waals surface area contributed by atoms with Gasteiger partial charge in [-0.05, 0) is 51.2 Å². The largest absolute Gasteiger partial charge is 0.394 e. The maximum Gasteiger partial charge on any atom is 0.246 e. The van der Waals surface area contributed by atoms with Crippen LogP contribution in [0.5, 0.6) is 0 Å². The second-order valence-electron chi connectivity index (χ2n) is 10.7. The van der Waals surface area contributed by atoms with E-state index in [1.54, 1.807) is 4.90 Å². The maximum atomic E-state index is 14.2. The van der Waals surface area contributed by atoms with Crippen molar-refractivity contribution >= 4 is 23.4 Å². The van der Waals surface area contributed by atoms with Crippen molar-refractivity contribution in [1.82, 2.24) is 10.2 Å². The Morgan fingerprint density at radius 1 is 1.14 bits per heavy atom. The van der Waals surface area contributed by atoms with Gasteiger partial charge in [-0.1, -0.05) is 45.4 Å². The summed E-state index contributed by atoms with van der Waals surface area (Å²) in [6.07, 6.45) is 2.44. The summed E-state index contributed by atoms with van der Waals surface area (Å²) in [6, 6.07) is 7.64. The highest BCUT2D eigenvalue weighted by molar-refractivity contribution is 6.02. The van der Waals surface area contributed by atoms with E-state index < -0.39 is 35.1 Å². The Hall–Kier alpha value is -2.45. The average molecular weight is 486 g/mol. The lowest BCUT2D eigenvalue weighted by atomic mass is 9.65. The van der Waals surface area contributed by atoms with Gasteiger partial charge in [0.15, 0.2) is 0 Å². The maximum absolute atomic E-state index is 14.2. The normalized spacial score (nSPS) is 33.1. The molecule has 35 heavy (non-hydrogen) atoms. The lowest BCUT2D eigenvalue weighted by molar-refractivity contribution is -0.151. The quantitative estimate of drug-likeness (QED) is 0.499. The predicted octanol–water partition coefficient (Wildman–Crippen LogP) is 2.71. The fourth-order valence-electron chi connectivity index (χ4n) is 6.63. The molecule has 3 amide bonds. The smallest absolute Gasteiger partial charge is 0.246 e. The standard InChI is InChI=1S/C27H39N3O5/c1-6-17(5)19(15-31)30-22(24(33)28-16(3)4)27-14-13-26(7-2,35-27)20(21(27)25(30)34)23(32)29-18-11-9-8-10-12-18/h8-12,16-17,19-22,31H,6-7,13-15H2,1-5H3,(H,28,33)(H,29,32)/t17-,19-,20-,21-,22?,26+,27?/m0/s1. The topological polar surface area (TPSA) is 108 Å². The number of hydrogen-bond donors (Lipinski definition) is 3. The molecule has 3 aliphatic heterocycles. The van der Waals surface area contributed by atoms with E-state index in [4.69, 9.17) is 4.74 Å². The van der Waals surface area contributed by atoms with Crippen molar-refractivity contribution < 1.29 is 24.2 Å². The minimum Gasteiger partial charge on any atom is -0.394 e. The van der Waals surface area contributed by atoms with Crippen LogP contribution in [0.1, 0.15) is 60.3 Å². The minimum absolute atomic E-state index is 0.0255. The molecule has 192 valence electrons. The summed E-state index contributed by atoms with van der Waals surface area (Å²) in [7, 11) is 0. The van der Waals surface area contributed by atoms with Gasteiger partial charge in [-0.2, -0.15) is 0 Å². The number of aliphatic hydroxyl groups excluding tert-OH is 1. The Bertz CT molecular complexity index is 969. The van der Waals surface area contributed by atoms with Crippen LogP contribution in [-0.2, 0) is 19.1 Å². The molecule has 0 saturated carbocycles. The number of hydrogen-bond acceptors (Lipinski definition) is 5. The van der Waals surface area contributed by atoms with Gasteiger partial charge in [0.1, 0.15) is 11.6 Å². The molecule has 3 heterocycles. The third kappa shape index (κ3) is 3.95. The number of fused-ring (bicyclic) bond motifs is 1. The first kappa shape index (κ1) is 25.6. The third-order valence-corrected chi connectivity index (χ3v) is 8.47. The second kappa shape index (κ2) is 9.54. The summed E-state index contributed by atoms with van der Waals surface area (Å²) < 4.78 is 6.75. The number of ether oxygens (including phenoxy) is 1. The molecule has 0 aliphatic carbocycles.